The van der Waals surface area contributed by atoms with Gasteiger partial charge in [0.25, 0.3) is 5.91 Å². The van der Waals surface area contributed by atoms with Gasteiger partial charge >= 0.3 is 6.36 Å². The van der Waals surface area contributed by atoms with Gasteiger partial charge in [-0.25, -0.2) is 5.84 Å². The number of hydrogen-bond acceptors (Lipinski definition) is 3. The number of benzene rings is 1. The summed E-state index contributed by atoms with van der Waals surface area (Å²) in [5, 5.41) is -0.190. The van der Waals surface area contributed by atoms with Crippen molar-refractivity contribution in [3.05, 3.63) is 28.8 Å². The third-order valence-corrected chi connectivity index (χ3v) is 1.86. The van der Waals surface area contributed by atoms with Crippen molar-refractivity contribution < 1.29 is 22.7 Å². The number of ether oxygens (including phenoxy) is 1. The minimum atomic E-state index is -4.80. The second-order valence-corrected chi connectivity index (χ2v) is 3.07. The lowest BCUT2D eigenvalue weighted by Gasteiger charge is -2.10. The van der Waals surface area contributed by atoms with Crippen LogP contribution in [0.25, 0.3) is 0 Å². The van der Waals surface area contributed by atoms with Crippen LogP contribution in [0.5, 0.6) is 5.75 Å². The van der Waals surface area contributed by atoms with Crippen LogP contribution < -0.4 is 16.0 Å². The SMILES string of the molecule is NNC(=O)c1ccc(OC(F)(F)F)cc1Cl. The fourth-order valence-electron chi connectivity index (χ4n) is 0.955. The molecule has 1 aromatic rings. The maximum Gasteiger partial charge on any atom is 0.573 e. The van der Waals surface area contributed by atoms with Gasteiger partial charge < -0.3 is 4.74 Å². The Kier molecular flexibility index (Phi) is 3.61. The van der Waals surface area contributed by atoms with E-state index >= 15 is 0 Å². The Labute approximate surface area is 93.1 Å². The monoisotopic (exact) mass is 254 g/mol. The van der Waals surface area contributed by atoms with E-state index in [2.05, 4.69) is 4.74 Å². The molecule has 4 nitrogen and oxygen atoms in total. The summed E-state index contributed by atoms with van der Waals surface area (Å²) >= 11 is 5.57. The summed E-state index contributed by atoms with van der Waals surface area (Å²) in [5.41, 5.74) is 1.76. The number of hydrogen-bond donors (Lipinski definition) is 2. The van der Waals surface area contributed by atoms with Crippen LogP contribution in [0.3, 0.4) is 0 Å². The highest BCUT2D eigenvalue weighted by Gasteiger charge is 2.31. The predicted octanol–water partition coefficient (Wildman–Crippen LogP) is 1.84. The Bertz CT molecular complexity index is 409. The normalized spacial score (nSPS) is 11.1. The fraction of sp³-hybridized carbons (Fsp3) is 0.125. The molecule has 0 aromatic heterocycles. The molecule has 0 radical (unpaired) electrons. The summed E-state index contributed by atoms with van der Waals surface area (Å²) in [6, 6.07) is 2.91. The summed E-state index contributed by atoms with van der Waals surface area (Å²) in [4.78, 5) is 11.0. The third-order valence-electron chi connectivity index (χ3n) is 1.55. The van der Waals surface area contributed by atoms with Crippen molar-refractivity contribution in [3.63, 3.8) is 0 Å². The molecule has 1 aromatic carbocycles. The number of hydrazine groups is 1. The molecular formula is C8H6ClF3N2O2. The highest BCUT2D eigenvalue weighted by atomic mass is 35.5. The molecule has 1 rings (SSSR count). The van der Waals surface area contributed by atoms with E-state index in [0.29, 0.717) is 0 Å². The second kappa shape index (κ2) is 4.58. The molecule has 0 aliphatic rings. The number of nitrogen functional groups attached to an aromatic ring is 1. The van der Waals surface area contributed by atoms with Crippen LogP contribution in [-0.2, 0) is 0 Å². The van der Waals surface area contributed by atoms with E-state index < -0.39 is 18.0 Å². The molecule has 0 saturated carbocycles. The van der Waals surface area contributed by atoms with Gasteiger partial charge in [-0.05, 0) is 18.2 Å². The lowest BCUT2D eigenvalue weighted by Crippen LogP contribution is -2.30. The molecule has 8 heteroatoms. The number of nitrogens with one attached hydrogen (secondary N) is 1. The zero-order valence-electron chi connectivity index (χ0n) is 7.64. The molecule has 16 heavy (non-hydrogen) atoms. The van der Waals surface area contributed by atoms with Crippen molar-refractivity contribution >= 4 is 17.5 Å². The van der Waals surface area contributed by atoms with Crippen molar-refractivity contribution in [2.75, 3.05) is 0 Å². The average molecular weight is 255 g/mol. The van der Waals surface area contributed by atoms with Gasteiger partial charge in [-0.3, -0.25) is 10.2 Å². The van der Waals surface area contributed by atoms with Crippen molar-refractivity contribution in [3.8, 4) is 5.75 Å². The van der Waals surface area contributed by atoms with Crippen molar-refractivity contribution in [2.45, 2.75) is 6.36 Å². The van der Waals surface area contributed by atoms with Crippen LogP contribution in [0.15, 0.2) is 18.2 Å². The van der Waals surface area contributed by atoms with Gasteiger partial charge in [0, 0.05) is 0 Å². The van der Waals surface area contributed by atoms with E-state index in [1.165, 1.54) is 0 Å². The minimum absolute atomic E-state index is 0.0429. The Balaban J connectivity index is 2.96. The third kappa shape index (κ3) is 3.28. The average Bonchev–Trinajstić information content (AvgIpc) is 2.14. The number of carbonyl (C=O) groups excluding carboxylic acids is 1. The fourth-order valence-corrected chi connectivity index (χ4v) is 1.21. The number of rotatable bonds is 2. The van der Waals surface area contributed by atoms with Gasteiger partial charge in [0.15, 0.2) is 0 Å². The second-order valence-electron chi connectivity index (χ2n) is 2.66. The first-order valence-corrected chi connectivity index (χ1v) is 4.27. The molecule has 0 unspecified atom stereocenters. The van der Waals surface area contributed by atoms with Crippen LogP contribution in [0.1, 0.15) is 10.4 Å². The largest absolute Gasteiger partial charge is 0.573 e. The van der Waals surface area contributed by atoms with E-state index in [4.69, 9.17) is 17.4 Å². The maximum absolute atomic E-state index is 11.8. The molecule has 88 valence electrons. The standard InChI is InChI=1S/C8H6ClF3N2O2/c9-6-3-4(16-8(10,11)12)1-2-5(6)7(15)14-13/h1-3H,13H2,(H,14,15). The van der Waals surface area contributed by atoms with E-state index in [1.807, 2.05) is 0 Å². The highest BCUT2D eigenvalue weighted by molar-refractivity contribution is 6.34. The molecule has 1 amide bonds. The predicted molar refractivity (Wildman–Crippen MR) is 49.8 cm³/mol. The number of amides is 1. The first-order valence-electron chi connectivity index (χ1n) is 3.90. The zero-order valence-corrected chi connectivity index (χ0v) is 8.39. The van der Waals surface area contributed by atoms with E-state index in [1.54, 1.807) is 5.43 Å². The highest BCUT2D eigenvalue weighted by Crippen LogP contribution is 2.27. The topological polar surface area (TPSA) is 64.3 Å². The van der Waals surface area contributed by atoms with Crippen LogP contribution >= 0.6 is 11.6 Å². The van der Waals surface area contributed by atoms with Crippen LogP contribution in [-0.4, -0.2) is 12.3 Å². The molecule has 0 aliphatic heterocycles. The number of nitrogens with two attached hydrogens (primary N) is 1. The lowest BCUT2D eigenvalue weighted by atomic mass is 10.2. The number of carbonyl (C=O) groups is 1. The Morgan fingerprint density at radius 2 is 2.06 bits per heavy atom. The Morgan fingerprint density at radius 1 is 1.44 bits per heavy atom. The van der Waals surface area contributed by atoms with Crippen LogP contribution in [0.4, 0.5) is 13.2 Å². The zero-order chi connectivity index (χ0) is 12.3. The van der Waals surface area contributed by atoms with Crippen LogP contribution in [0.2, 0.25) is 5.02 Å². The van der Waals surface area contributed by atoms with E-state index in [-0.39, 0.29) is 10.6 Å². The summed E-state index contributed by atoms with van der Waals surface area (Å²) in [6.45, 7) is 0. The molecule has 0 aliphatic carbocycles. The first-order chi connectivity index (χ1) is 7.33. The van der Waals surface area contributed by atoms with Crippen molar-refractivity contribution in [2.24, 2.45) is 5.84 Å². The summed E-state index contributed by atoms with van der Waals surface area (Å²) in [5.74, 6) is 3.63. The first kappa shape index (κ1) is 12.6. The smallest absolute Gasteiger partial charge is 0.406 e. The summed E-state index contributed by atoms with van der Waals surface area (Å²) in [6.07, 6.45) is -4.80. The van der Waals surface area contributed by atoms with E-state index in [9.17, 15) is 18.0 Å². The molecule has 3 N–H and O–H groups in total. The molecule has 0 bridgehead atoms. The van der Waals surface area contributed by atoms with Gasteiger partial charge in [-0.2, -0.15) is 0 Å². The molecule has 0 saturated heterocycles. The molecule has 0 spiro atoms. The van der Waals surface area contributed by atoms with Gasteiger partial charge in [0.1, 0.15) is 5.75 Å². The van der Waals surface area contributed by atoms with Crippen molar-refractivity contribution in [1.82, 2.24) is 5.43 Å². The van der Waals surface area contributed by atoms with E-state index in [0.717, 1.165) is 18.2 Å². The van der Waals surface area contributed by atoms with Gasteiger partial charge in [0.2, 0.25) is 0 Å². The molecule has 0 atom stereocenters. The quantitative estimate of drug-likeness (QED) is 0.481. The summed E-state index contributed by atoms with van der Waals surface area (Å²) < 4.78 is 39.1. The molecule has 0 heterocycles. The Morgan fingerprint density at radius 3 is 2.50 bits per heavy atom. The maximum atomic E-state index is 11.8. The Hall–Kier alpha value is -1.47. The van der Waals surface area contributed by atoms with Crippen molar-refractivity contribution in [1.29, 1.82) is 0 Å². The molecular weight excluding hydrogens is 249 g/mol. The minimum Gasteiger partial charge on any atom is -0.406 e. The van der Waals surface area contributed by atoms with Gasteiger partial charge in [-0.1, -0.05) is 11.6 Å². The number of alkyl halides is 3. The lowest BCUT2D eigenvalue weighted by molar-refractivity contribution is -0.274. The number of halogens is 4. The van der Waals surface area contributed by atoms with Gasteiger partial charge in [-0.15, -0.1) is 13.2 Å². The molecule has 0 fully saturated rings. The van der Waals surface area contributed by atoms with Gasteiger partial charge in [0.05, 0.1) is 10.6 Å². The summed E-state index contributed by atoms with van der Waals surface area (Å²) in [7, 11) is 0. The van der Waals surface area contributed by atoms with Crippen LogP contribution in [0, 0.1) is 0 Å².